The average Bonchev–Trinajstić information content (AvgIpc) is 2.85. The molecule has 0 unspecified atom stereocenters. The smallest absolute Gasteiger partial charge is 0.230 e. The van der Waals surface area contributed by atoms with Gasteiger partial charge >= 0.3 is 0 Å². The predicted molar refractivity (Wildman–Crippen MR) is 80.4 cm³/mol. The van der Waals surface area contributed by atoms with Crippen LogP contribution in [0, 0.1) is 5.82 Å². The number of rotatable bonds is 3. The molecule has 0 spiro atoms. The lowest BCUT2D eigenvalue weighted by Crippen LogP contribution is -2.15. The van der Waals surface area contributed by atoms with E-state index in [0.717, 1.165) is 5.39 Å². The molecule has 0 radical (unpaired) electrons. The Hall–Kier alpha value is -2.21. The Labute approximate surface area is 128 Å². The zero-order chi connectivity index (χ0) is 14.8. The van der Waals surface area contributed by atoms with Gasteiger partial charge < -0.3 is 9.84 Å². The molecule has 4 nitrogen and oxygen atoms in total. The van der Waals surface area contributed by atoms with Crippen LogP contribution in [-0.4, -0.2) is 11.1 Å². The fraction of sp³-hybridized carbons (Fsp3) is 0.0667. The van der Waals surface area contributed by atoms with Gasteiger partial charge in [-0.15, -0.1) is 0 Å². The van der Waals surface area contributed by atoms with E-state index in [1.807, 2.05) is 18.2 Å². The first kappa shape index (κ1) is 13.8. The number of anilines is 1. The number of nitrogens with zero attached hydrogens (tertiary/aromatic N) is 1. The second kappa shape index (κ2) is 5.65. The van der Waals surface area contributed by atoms with Crippen LogP contribution in [-0.2, 0) is 11.2 Å². The van der Waals surface area contributed by atoms with Crippen molar-refractivity contribution in [3.05, 3.63) is 58.4 Å². The summed E-state index contributed by atoms with van der Waals surface area (Å²) in [6.07, 6.45) is 0.0842. The van der Waals surface area contributed by atoms with E-state index in [-0.39, 0.29) is 18.1 Å². The number of hydrogen-bond acceptors (Lipinski definition) is 3. The van der Waals surface area contributed by atoms with E-state index >= 15 is 0 Å². The normalized spacial score (nSPS) is 10.8. The summed E-state index contributed by atoms with van der Waals surface area (Å²) < 4.78 is 18.6. The van der Waals surface area contributed by atoms with Crippen LogP contribution in [0.1, 0.15) is 5.69 Å². The summed E-state index contributed by atoms with van der Waals surface area (Å²) in [5.41, 5.74) is 1.72. The molecule has 106 valence electrons. The van der Waals surface area contributed by atoms with Gasteiger partial charge in [0.2, 0.25) is 5.91 Å². The Morgan fingerprint density at radius 3 is 2.90 bits per heavy atom. The molecule has 21 heavy (non-hydrogen) atoms. The van der Waals surface area contributed by atoms with Crippen LogP contribution in [0.15, 0.2) is 51.5 Å². The molecule has 0 atom stereocenters. The maximum atomic E-state index is 13.0. The number of amides is 1. The standard InChI is InChI=1S/C15H10BrFN2O2/c16-11-7-9(17)5-6-12(11)18-15(20)8-13-10-3-1-2-4-14(10)21-19-13/h1-7H,8H2,(H,18,20). The van der Waals surface area contributed by atoms with Crippen LogP contribution >= 0.6 is 15.9 Å². The van der Waals surface area contributed by atoms with Crippen LogP contribution in [0.3, 0.4) is 0 Å². The van der Waals surface area contributed by atoms with Crippen molar-refractivity contribution >= 4 is 38.5 Å². The highest BCUT2D eigenvalue weighted by Crippen LogP contribution is 2.24. The summed E-state index contributed by atoms with van der Waals surface area (Å²) in [6.45, 7) is 0. The zero-order valence-electron chi connectivity index (χ0n) is 10.8. The molecule has 3 aromatic rings. The number of hydrogen-bond donors (Lipinski definition) is 1. The second-order valence-electron chi connectivity index (χ2n) is 4.47. The Balaban J connectivity index is 1.77. The fourth-order valence-electron chi connectivity index (χ4n) is 2.00. The van der Waals surface area contributed by atoms with Crippen molar-refractivity contribution in [2.75, 3.05) is 5.32 Å². The third kappa shape index (κ3) is 2.95. The van der Waals surface area contributed by atoms with Crippen LogP contribution in [0.5, 0.6) is 0 Å². The van der Waals surface area contributed by atoms with Crippen molar-refractivity contribution < 1.29 is 13.7 Å². The quantitative estimate of drug-likeness (QED) is 0.780. The van der Waals surface area contributed by atoms with Crippen LogP contribution < -0.4 is 5.32 Å². The minimum absolute atomic E-state index is 0.0842. The number of halogens is 2. The number of carbonyl (C=O) groups excluding carboxylic acids is 1. The van der Waals surface area contributed by atoms with Crippen LogP contribution in [0.4, 0.5) is 10.1 Å². The Kier molecular flexibility index (Phi) is 3.70. The van der Waals surface area contributed by atoms with Crippen LogP contribution in [0.25, 0.3) is 11.0 Å². The molecule has 3 rings (SSSR count). The van der Waals surface area contributed by atoms with Gasteiger partial charge in [-0.25, -0.2) is 4.39 Å². The van der Waals surface area contributed by atoms with Gasteiger partial charge in [-0.05, 0) is 46.3 Å². The molecule has 0 aliphatic carbocycles. The van der Waals surface area contributed by atoms with E-state index in [1.54, 1.807) is 6.07 Å². The van der Waals surface area contributed by atoms with Crippen molar-refractivity contribution in [3.8, 4) is 0 Å². The third-order valence-electron chi connectivity index (χ3n) is 2.99. The number of carbonyl (C=O) groups is 1. The van der Waals surface area contributed by atoms with Gasteiger partial charge in [0.1, 0.15) is 11.5 Å². The molecular weight excluding hydrogens is 339 g/mol. The lowest BCUT2D eigenvalue weighted by Gasteiger charge is -2.06. The Morgan fingerprint density at radius 1 is 1.29 bits per heavy atom. The SMILES string of the molecule is O=C(Cc1noc2ccccc12)Nc1ccc(F)cc1Br. The number of para-hydroxylation sites is 1. The topological polar surface area (TPSA) is 55.1 Å². The molecule has 2 aromatic carbocycles. The Bertz CT molecular complexity index is 816. The molecule has 0 saturated heterocycles. The van der Waals surface area contributed by atoms with Gasteiger partial charge in [0.25, 0.3) is 0 Å². The third-order valence-corrected chi connectivity index (χ3v) is 3.64. The first-order valence-electron chi connectivity index (χ1n) is 6.21. The first-order valence-corrected chi connectivity index (χ1v) is 7.01. The van der Waals surface area contributed by atoms with Gasteiger partial charge in [-0.2, -0.15) is 0 Å². The summed E-state index contributed by atoms with van der Waals surface area (Å²) in [5.74, 6) is -0.622. The maximum absolute atomic E-state index is 13.0. The van der Waals surface area contributed by atoms with Crippen molar-refractivity contribution in [1.82, 2.24) is 5.16 Å². The number of nitrogens with one attached hydrogen (secondary N) is 1. The zero-order valence-corrected chi connectivity index (χ0v) is 12.4. The summed E-state index contributed by atoms with van der Waals surface area (Å²) >= 11 is 3.20. The highest BCUT2D eigenvalue weighted by Gasteiger charge is 2.13. The van der Waals surface area contributed by atoms with E-state index in [2.05, 4.69) is 26.4 Å². The minimum atomic E-state index is -0.373. The lowest BCUT2D eigenvalue weighted by molar-refractivity contribution is -0.115. The highest BCUT2D eigenvalue weighted by atomic mass is 79.9. The molecule has 0 fully saturated rings. The highest BCUT2D eigenvalue weighted by molar-refractivity contribution is 9.10. The van der Waals surface area contributed by atoms with E-state index < -0.39 is 0 Å². The van der Waals surface area contributed by atoms with Crippen molar-refractivity contribution in [2.45, 2.75) is 6.42 Å². The maximum Gasteiger partial charge on any atom is 0.230 e. The van der Waals surface area contributed by atoms with Crippen molar-refractivity contribution in [2.24, 2.45) is 0 Å². The molecule has 0 bridgehead atoms. The minimum Gasteiger partial charge on any atom is -0.356 e. The van der Waals surface area contributed by atoms with Gasteiger partial charge in [-0.3, -0.25) is 4.79 Å². The number of fused-ring (bicyclic) bond motifs is 1. The van der Waals surface area contributed by atoms with E-state index in [1.165, 1.54) is 18.2 Å². The number of aromatic nitrogens is 1. The van der Waals surface area contributed by atoms with Gasteiger partial charge in [0.05, 0.1) is 12.1 Å². The summed E-state index contributed by atoms with van der Waals surface area (Å²) in [4.78, 5) is 12.1. The van der Waals surface area contributed by atoms with Crippen molar-refractivity contribution in [3.63, 3.8) is 0 Å². The molecule has 0 aliphatic heterocycles. The molecule has 1 amide bonds. The molecular formula is C15H10BrFN2O2. The molecule has 1 heterocycles. The Morgan fingerprint density at radius 2 is 2.10 bits per heavy atom. The molecule has 6 heteroatoms. The molecule has 1 N–H and O–H groups in total. The summed E-state index contributed by atoms with van der Waals surface area (Å²) in [5, 5.41) is 7.42. The summed E-state index contributed by atoms with van der Waals surface area (Å²) in [7, 11) is 0. The first-order chi connectivity index (χ1) is 10.1. The van der Waals surface area contributed by atoms with E-state index in [9.17, 15) is 9.18 Å². The summed E-state index contributed by atoms with van der Waals surface area (Å²) in [6, 6.07) is 11.4. The number of benzene rings is 2. The van der Waals surface area contributed by atoms with Crippen LogP contribution in [0.2, 0.25) is 0 Å². The van der Waals surface area contributed by atoms with Gasteiger partial charge in [-0.1, -0.05) is 17.3 Å². The predicted octanol–water partition coefficient (Wildman–Crippen LogP) is 3.91. The molecule has 1 aromatic heterocycles. The van der Waals surface area contributed by atoms with Gasteiger partial charge in [0.15, 0.2) is 5.58 Å². The lowest BCUT2D eigenvalue weighted by atomic mass is 10.1. The molecule has 0 saturated carbocycles. The van der Waals surface area contributed by atoms with Gasteiger partial charge in [0, 0.05) is 9.86 Å². The fourth-order valence-corrected chi connectivity index (χ4v) is 2.45. The van der Waals surface area contributed by atoms with E-state index in [4.69, 9.17) is 4.52 Å². The van der Waals surface area contributed by atoms with Crippen molar-refractivity contribution in [1.29, 1.82) is 0 Å². The average molecular weight is 349 g/mol. The molecule has 0 aliphatic rings. The second-order valence-corrected chi connectivity index (χ2v) is 5.33. The monoisotopic (exact) mass is 348 g/mol. The van der Waals surface area contributed by atoms with E-state index in [0.29, 0.717) is 21.4 Å². The largest absolute Gasteiger partial charge is 0.356 e.